The Hall–Kier alpha value is -1.35. The first kappa shape index (κ1) is 11.7. The average Bonchev–Trinajstić information content (AvgIpc) is 2.70. The molecule has 1 heterocycles. The Kier molecular flexibility index (Phi) is 2.67. The Balaban J connectivity index is 2.04. The molecule has 96 valence electrons. The Morgan fingerprint density at radius 2 is 2.00 bits per heavy atom. The van der Waals surface area contributed by atoms with Crippen LogP contribution in [0.5, 0.6) is 0 Å². The van der Waals surface area contributed by atoms with Crippen LogP contribution in [0.2, 0.25) is 0 Å². The highest BCUT2D eigenvalue weighted by molar-refractivity contribution is 5.99. The largest absolute Gasteiger partial charge is 0.387 e. The van der Waals surface area contributed by atoms with Crippen LogP contribution in [-0.2, 0) is 0 Å². The maximum Gasteiger partial charge on any atom is 0.252 e. The van der Waals surface area contributed by atoms with Crippen molar-refractivity contribution in [2.24, 2.45) is 0 Å². The third-order valence-electron chi connectivity index (χ3n) is 4.39. The molecule has 0 saturated heterocycles. The number of carbonyl (C=O) groups excluding carboxylic acids is 1. The number of fused-ring (bicyclic) bond motifs is 1. The van der Waals surface area contributed by atoms with Gasteiger partial charge >= 0.3 is 0 Å². The van der Waals surface area contributed by atoms with E-state index in [4.69, 9.17) is 0 Å². The van der Waals surface area contributed by atoms with E-state index in [0.29, 0.717) is 0 Å². The molecule has 2 N–H and O–H groups in total. The average molecular weight is 245 g/mol. The summed E-state index contributed by atoms with van der Waals surface area (Å²) < 4.78 is 0. The first-order valence-corrected chi connectivity index (χ1v) is 6.74. The van der Waals surface area contributed by atoms with Crippen molar-refractivity contribution in [3.63, 3.8) is 0 Å². The van der Waals surface area contributed by atoms with Crippen molar-refractivity contribution in [2.75, 3.05) is 0 Å². The fourth-order valence-electron chi connectivity index (χ4n) is 3.40. The van der Waals surface area contributed by atoms with E-state index in [1.807, 2.05) is 25.1 Å². The summed E-state index contributed by atoms with van der Waals surface area (Å²) in [6.07, 6.45) is 4.84. The molecule has 2 aliphatic rings. The Morgan fingerprint density at radius 3 is 2.72 bits per heavy atom. The molecule has 1 amide bonds. The molecular weight excluding hydrogens is 226 g/mol. The number of nitrogens with one attached hydrogen (secondary N) is 1. The molecule has 1 aromatic rings. The fraction of sp³-hybridized carbons (Fsp3) is 0.533. The van der Waals surface area contributed by atoms with Gasteiger partial charge in [0.1, 0.15) is 0 Å². The lowest BCUT2D eigenvalue weighted by molar-refractivity contribution is -0.0274. The molecule has 1 unspecified atom stereocenters. The maximum absolute atomic E-state index is 12.0. The molecule has 0 aromatic heterocycles. The first-order chi connectivity index (χ1) is 8.62. The predicted octanol–water partition coefficient (Wildman–Crippen LogP) is 2.47. The van der Waals surface area contributed by atoms with Crippen LogP contribution in [-0.4, -0.2) is 16.6 Å². The molecule has 1 atom stereocenters. The summed E-state index contributed by atoms with van der Waals surface area (Å²) in [7, 11) is 0. The molecule has 3 rings (SSSR count). The maximum atomic E-state index is 12.0. The predicted molar refractivity (Wildman–Crippen MR) is 69.4 cm³/mol. The molecule has 1 fully saturated rings. The van der Waals surface area contributed by atoms with Crippen molar-refractivity contribution in [3.05, 3.63) is 34.9 Å². The Labute approximate surface area is 107 Å². The first-order valence-electron chi connectivity index (χ1n) is 6.74. The minimum Gasteiger partial charge on any atom is -0.387 e. The number of aliphatic hydroxyl groups is 1. The number of hydrogen-bond acceptors (Lipinski definition) is 2. The molecular formula is C15H19NO2. The monoisotopic (exact) mass is 245 g/mol. The molecule has 1 aliphatic heterocycles. The molecule has 1 saturated carbocycles. The minimum absolute atomic E-state index is 0.0438. The topological polar surface area (TPSA) is 49.3 Å². The third kappa shape index (κ3) is 1.65. The summed E-state index contributed by atoms with van der Waals surface area (Å²) >= 11 is 0. The molecule has 1 aliphatic carbocycles. The van der Waals surface area contributed by atoms with Gasteiger partial charge in [-0.25, -0.2) is 0 Å². The van der Waals surface area contributed by atoms with Gasteiger partial charge in [0, 0.05) is 5.56 Å². The van der Waals surface area contributed by atoms with Crippen LogP contribution in [0.4, 0.5) is 0 Å². The zero-order chi connectivity index (χ0) is 12.8. The zero-order valence-corrected chi connectivity index (χ0v) is 10.7. The van der Waals surface area contributed by atoms with Crippen molar-refractivity contribution in [1.29, 1.82) is 0 Å². The van der Waals surface area contributed by atoms with E-state index in [2.05, 4.69) is 5.32 Å². The van der Waals surface area contributed by atoms with Crippen LogP contribution in [0.25, 0.3) is 0 Å². The number of amides is 1. The van der Waals surface area contributed by atoms with Crippen LogP contribution in [0.3, 0.4) is 0 Å². The Morgan fingerprint density at radius 1 is 1.28 bits per heavy atom. The van der Waals surface area contributed by atoms with Crippen LogP contribution in [0.15, 0.2) is 18.2 Å². The summed E-state index contributed by atoms with van der Waals surface area (Å²) in [5.74, 6) is -0.0438. The highest BCUT2D eigenvalue weighted by Gasteiger charge is 2.45. The van der Waals surface area contributed by atoms with Crippen LogP contribution in [0, 0.1) is 6.92 Å². The van der Waals surface area contributed by atoms with E-state index in [0.717, 1.165) is 42.4 Å². The number of hydrogen-bond donors (Lipinski definition) is 2. The highest BCUT2D eigenvalue weighted by atomic mass is 16.3. The standard InChI is InChI=1S/C15H19NO2/c1-10-6-5-7-11-12(10)13(16-14(11)17)15(18)8-3-2-4-9-15/h5-7,13,18H,2-4,8-9H2,1H3,(H,16,17). The smallest absolute Gasteiger partial charge is 0.252 e. The quantitative estimate of drug-likeness (QED) is 0.798. The van der Waals surface area contributed by atoms with E-state index in [1.54, 1.807) is 0 Å². The van der Waals surface area contributed by atoms with Crippen molar-refractivity contribution in [1.82, 2.24) is 5.32 Å². The molecule has 1 aromatic carbocycles. The normalized spacial score (nSPS) is 25.7. The summed E-state index contributed by atoms with van der Waals surface area (Å²) in [5.41, 5.74) is 2.08. The van der Waals surface area contributed by atoms with Gasteiger partial charge in [0.2, 0.25) is 0 Å². The van der Waals surface area contributed by atoms with Gasteiger partial charge in [0.05, 0.1) is 11.6 Å². The third-order valence-corrected chi connectivity index (χ3v) is 4.39. The van der Waals surface area contributed by atoms with Gasteiger partial charge in [0.15, 0.2) is 0 Å². The molecule has 0 bridgehead atoms. The van der Waals surface area contributed by atoms with E-state index in [9.17, 15) is 9.90 Å². The number of carbonyl (C=O) groups is 1. The van der Waals surface area contributed by atoms with Gasteiger partial charge in [-0.15, -0.1) is 0 Å². The second kappa shape index (κ2) is 4.09. The summed E-state index contributed by atoms with van der Waals surface area (Å²) in [6, 6.07) is 5.55. The van der Waals surface area contributed by atoms with Crippen molar-refractivity contribution in [3.8, 4) is 0 Å². The summed E-state index contributed by atoms with van der Waals surface area (Å²) in [6.45, 7) is 2.01. The van der Waals surface area contributed by atoms with E-state index in [1.165, 1.54) is 6.42 Å². The number of rotatable bonds is 1. The van der Waals surface area contributed by atoms with E-state index >= 15 is 0 Å². The summed E-state index contributed by atoms with van der Waals surface area (Å²) in [4.78, 5) is 12.0. The minimum atomic E-state index is -0.759. The van der Waals surface area contributed by atoms with Crippen molar-refractivity contribution < 1.29 is 9.90 Å². The number of benzene rings is 1. The lowest BCUT2D eigenvalue weighted by Gasteiger charge is -2.38. The van der Waals surface area contributed by atoms with E-state index < -0.39 is 5.60 Å². The highest BCUT2D eigenvalue weighted by Crippen LogP contribution is 2.43. The molecule has 3 heteroatoms. The second-order valence-corrected chi connectivity index (χ2v) is 5.61. The van der Waals surface area contributed by atoms with Crippen LogP contribution in [0.1, 0.15) is 59.6 Å². The van der Waals surface area contributed by atoms with Crippen molar-refractivity contribution >= 4 is 5.91 Å². The lowest BCUT2D eigenvalue weighted by atomic mass is 9.76. The van der Waals surface area contributed by atoms with Gasteiger partial charge < -0.3 is 10.4 Å². The summed E-state index contributed by atoms with van der Waals surface area (Å²) in [5, 5.41) is 13.8. The van der Waals surface area contributed by atoms with Crippen LogP contribution < -0.4 is 5.32 Å². The van der Waals surface area contributed by atoms with Crippen LogP contribution >= 0.6 is 0 Å². The van der Waals surface area contributed by atoms with Gasteiger partial charge in [-0.3, -0.25) is 4.79 Å². The van der Waals surface area contributed by atoms with Gasteiger partial charge in [0.25, 0.3) is 5.91 Å². The second-order valence-electron chi connectivity index (χ2n) is 5.61. The van der Waals surface area contributed by atoms with Crippen molar-refractivity contribution in [2.45, 2.75) is 50.7 Å². The fourth-order valence-corrected chi connectivity index (χ4v) is 3.40. The molecule has 0 spiro atoms. The zero-order valence-electron chi connectivity index (χ0n) is 10.7. The SMILES string of the molecule is Cc1cccc2c1C(C1(O)CCCCC1)NC2=O. The van der Waals surface area contributed by atoms with Gasteiger partial charge in [-0.1, -0.05) is 31.4 Å². The van der Waals surface area contributed by atoms with Gasteiger partial charge in [-0.2, -0.15) is 0 Å². The molecule has 0 radical (unpaired) electrons. The molecule has 3 nitrogen and oxygen atoms in total. The van der Waals surface area contributed by atoms with Gasteiger partial charge in [-0.05, 0) is 37.0 Å². The molecule has 18 heavy (non-hydrogen) atoms. The lowest BCUT2D eigenvalue weighted by Crippen LogP contribution is -2.44. The number of aryl methyl sites for hydroxylation is 1. The van der Waals surface area contributed by atoms with E-state index in [-0.39, 0.29) is 11.9 Å². The Bertz CT molecular complexity index is 489.